The summed E-state index contributed by atoms with van der Waals surface area (Å²) in [4.78, 5) is 0.220. The number of nitrogens with zero attached hydrogens (tertiary/aromatic N) is 1. The van der Waals surface area contributed by atoms with E-state index in [-0.39, 0.29) is 17.5 Å². The highest BCUT2D eigenvalue weighted by Gasteiger charge is 2.32. The Labute approximate surface area is 120 Å². The van der Waals surface area contributed by atoms with Crippen molar-refractivity contribution in [1.29, 1.82) is 0 Å². The molecule has 1 N–H and O–H groups in total. The molecule has 0 saturated carbocycles. The number of sulfonamides is 1. The fourth-order valence-corrected chi connectivity index (χ4v) is 4.27. The van der Waals surface area contributed by atoms with Crippen LogP contribution in [0, 0.1) is 0 Å². The van der Waals surface area contributed by atoms with Crippen LogP contribution in [-0.4, -0.2) is 44.1 Å². The lowest BCUT2D eigenvalue weighted by atomic mass is 10.1. The third kappa shape index (κ3) is 3.13. The molecule has 0 radical (unpaired) electrons. The maximum absolute atomic E-state index is 12.7. The molecule has 1 aliphatic heterocycles. The van der Waals surface area contributed by atoms with Crippen LogP contribution in [0.5, 0.6) is 5.75 Å². The molecule has 1 aromatic carbocycles. The van der Waals surface area contributed by atoms with Crippen LogP contribution in [0.4, 0.5) is 0 Å². The third-order valence-electron chi connectivity index (χ3n) is 3.68. The third-order valence-corrected chi connectivity index (χ3v) is 5.63. The number of aliphatic hydroxyl groups excluding tert-OH is 1. The van der Waals surface area contributed by atoms with Gasteiger partial charge < -0.3 is 9.84 Å². The van der Waals surface area contributed by atoms with Gasteiger partial charge in [-0.15, -0.1) is 0 Å². The van der Waals surface area contributed by atoms with Crippen molar-refractivity contribution in [2.75, 3.05) is 20.3 Å². The van der Waals surface area contributed by atoms with E-state index >= 15 is 0 Å². The normalized spacial score (nSPS) is 21.4. The first-order chi connectivity index (χ1) is 9.59. The van der Waals surface area contributed by atoms with Gasteiger partial charge in [0, 0.05) is 18.7 Å². The van der Waals surface area contributed by atoms with Gasteiger partial charge in [-0.3, -0.25) is 0 Å². The predicted octanol–water partition coefficient (Wildman–Crippen LogP) is 1.62. The second-order valence-corrected chi connectivity index (χ2v) is 6.87. The number of benzene rings is 1. The zero-order valence-electron chi connectivity index (χ0n) is 11.7. The van der Waals surface area contributed by atoms with Crippen molar-refractivity contribution >= 4 is 10.0 Å². The van der Waals surface area contributed by atoms with E-state index in [1.165, 1.54) is 17.5 Å². The summed E-state index contributed by atoms with van der Waals surface area (Å²) in [7, 11) is -2.08. The van der Waals surface area contributed by atoms with Crippen LogP contribution in [0.3, 0.4) is 0 Å². The minimum atomic E-state index is -3.59. The monoisotopic (exact) mass is 299 g/mol. The Morgan fingerprint density at radius 2 is 2.15 bits per heavy atom. The van der Waals surface area contributed by atoms with E-state index in [1.54, 1.807) is 18.2 Å². The van der Waals surface area contributed by atoms with Gasteiger partial charge >= 0.3 is 0 Å². The van der Waals surface area contributed by atoms with Gasteiger partial charge in [0.15, 0.2) is 0 Å². The minimum Gasteiger partial charge on any atom is -0.497 e. The van der Waals surface area contributed by atoms with Crippen LogP contribution >= 0.6 is 0 Å². The van der Waals surface area contributed by atoms with E-state index in [1.807, 2.05) is 0 Å². The molecular formula is C14H21NO4S. The van der Waals surface area contributed by atoms with Crippen molar-refractivity contribution in [3.05, 3.63) is 24.3 Å². The minimum absolute atomic E-state index is 0.136. The summed E-state index contributed by atoms with van der Waals surface area (Å²) >= 11 is 0. The summed E-state index contributed by atoms with van der Waals surface area (Å²) in [6.07, 6.45) is 3.50. The van der Waals surface area contributed by atoms with E-state index in [0.717, 1.165) is 19.3 Å². The molecule has 1 saturated heterocycles. The van der Waals surface area contributed by atoms with E-state index in [0.29, 0.717) is 18.7 Å². The number of aliphatic hydroxyl groups is 1. The number of hydrogen-bond donors (Lipinski definition) is 1. The molecule has 0 aromatic heterocycles. The van der Waals surface area contributed by atoms with Crippen LogP contribution in [0.15, 0.2) is 29.2 Å². The molecule has 1 aliphatic rings. The largest absolute Gasteiger partial charge is 0.497 e. The van der Waals surface area contributed by atoms with Gasteiger partial charge in [0.25, 0.3) is 0 Å². The molecule has 1 heterocycles. The Kier molecular flexibility index (Phi) is 5.01. The van der Waals surface area contributed by atoms with Crippen molar-refractivity contribution in [2.45, 2.75) is 36.6 Å². The molecule has 20 heavy (non-hydrogen) atoms. The van der Waals surface area contributed by atoms with Crippen molar-refractivity contribution in [2.24, 2.45) is 0 Å². The summed E-state index contributed by atoms with van der Waals surface area (Å²) in [6.45, 7) is 0.327. The zero-order valence-corrected chi connectivity index (χ0v) is 12.5. The Morgan fingerprint density at radius 3 is 2.85 bits per heavy atom. The first-order valence-electron chi connectivity index (χ1n) is 6.86. The lowest BCUT2D eigenvalue weighted by Gasteiger charge is -2.27. The second kappa shape index (κ2) is 6.56. The van der Waals surface area contributed by atoms with Gasteiger partial charge in [0.2, 0.25) is 10.0 Å². The van der Waals surface area contributed by atoms with E-state index in [2.05, 4.69) is 0 Å². The SMILES string of the molecule is COc1cccc(S(=O)(=O)N2CCCCCC2CO)c1. The summed E-state index contributed by atoms with van der Waals surface area (Å²) < 4.78 is 32.0. The average Bonchev–Trinajstić information content (AvgIpc) is 2.72. The van der Waals surface area contributed by atoms with Crippen LogP contribution in [0.2, 0.25) is 0 Å². The highest BCUT2D eigenvalue weighted by Crippen LogP contribution is 2.26. The molecule has 0 amide bonds. The van der Waals surface area contributed by atoms with Crippen LogP contribution in [0.1, 0.15) is 25.7 Å². The summed E-state index contributed by atoms with van der Waals surface area (Å²) in [5, 5.41) is 9.47. The molecule has 0 bridgehead atoms. The second-order valence-electron chi connectivity index (χ2n) is 4.98. The van der Waals surface area contributed by atoms with Gasteiger partial charge in [0.1, 0.15) is 5.75 Å². The molecule has 1 aromatic rings. The van der Waals surface area contributed by atoms with Crippen LogP contribution in [0.25, 0.3) is 0 Å². The van der Waals surface area contributed by atoms with Gasteiger partial charge in [-0.25, -0.2) is 8.42 Å². The summed E-state index contributed by atoms with van der Waals surface area (Å²) in [5.74, 6) is 0.515. The summed E-state index contributed by atoms with van der Waals surface area (Å²) in [6, 6.07) is 6.14. The van der Waals surface area contributed by atoms with E-state index in [4.69, 9.17) is 4.74 Å². The Morgan fingerprint density at radius 1 is 1.35 bits per heavy atom. The maximum atomic E-state index is 12.7. The van der Waals surface area contributed by atoms with E-state index < -0.39 is 10.0 Å². The van der Waals surface area contributed by atoms with Gasteiger partial charge in [-0.2, -0.15) is 4.31 Å². The molecule has 112 valence electrons. The van der Waals surface area contributed by atoms with Crippen LogP contribution in [-0.2, 0) is 10.0 Å². The molecule has 1 unspecified atom stereocenters. The number of rotatable bonds is 4. The van der Waals surface area contributed by atoms with Crippen molar-refractivity contribution < 1.29 is 18.3 Å². The average molecular weight is 299 g/mol. The molecule has 1 atom stereocenters. The first kappa shape index (κ1) is 15.3. The maximum Gasteiger partial charge on any atom is 0.243 e. The standard InChI is InChI=1S/C14H21NO4S/c1-19-13-7-5-8-14(10-13)20(17,18)15-9-4-2-3-6-12(15)11-16/h5,7-8,10,12,16H,2-4,6,9,11H2,1H3. The quantitative estimate of drug-likeness (QED) is 0.917. The number of ether oxygens (including phenoxy) is 1. The fraction of sp³-hybridized carbons (Fsp3) is 0.571. The van der Waals surface area contributed by atoms with Gasteiger partial charge in [-0.05, 0) is 25.0 Å². The van der Waals surface area contributed by atoms with Gasteiger partial charge in [-0.1, -0.05) is 18.9 Å². The fourth-order valence-electron chi connectivity index (χ4n) is 2.55. The van der Waals surface area contributed by atoms with Gasteiger partial charge in [0.05, 0.1) is 18.6 Å². The first-order valence-corrected chi connectivity index (χ1v) is 8.30. The molecule has 0 aliphatic carbocycles. The zero-order chi connectivity index (χ0) is 14.6. The smallest absolute Gasteiger partial charge is 0.243 e. The Hall–Kier alpha value is -1.11. The predicted molar refractivity (Wildman–Crippen MR) is 76.2 cm³/mol. The van der Waals surface area contributed by atoms with Crippen LogP contribution < -0.4 is 4.74 Å². The molecule has 0 spiro atoms. The summed E-state index contributed by atoms with van der Waals surface area (Å²) in [5.41, 5.74) is 0. The van der Waals surface area contributed by atoms with Crippen molar-refractivity contribution in [3.63, 3.8) is 0 Å². The van der Waals surface area contributed by atoms with E-state index in [9.17, 15) is 13.5 Å². The Balaban J connectivity index is 2.35. The van der Waals surface area contributed by atoms with Crippen molar-refractivity contribution in [1.82, 2.24) is 4.31 Å². The molecule has 2 rings (SSSR count). The lowest BCUT2D eigenvalue weighted by Crippen LogP contribution is -2.42. The molecule has 1 fully saturated rings. The lowest BCUT2D eigenvalue weighted by molar-refractivity contribution is 0.186. The highest BCUT2D eigenvalue weighted by molar-refractivity contribution is 7.89. The topological polar surface area (TPSA) is 66.8 Å². The number of hydrogen-bond acceptors (Lipinski definition) is 4. The Bertz CT molecular complexity index is 544. The van der Waals surface area contributed by atoms with Crippen molar-refractivity contribution in [3.8, 4) is 5.75 Å². The molecular weight excluding hydrogens is 278 g/mol. The molecule has 6 heteroatoms. The molecule has 5 nitrogen and oxygen atoms in total. The number of methoxy groups -OCH3 is 1. The highest BCUT2D eigenvalue weighted by atomic mass is 32.2.